The number of methoxy groups -OCH3 is 1. The van der Waals surface area contributed by atoms with Crippen molar-refractivity contribution in [2.24, 2.45) is 0 Å². The minimum absolute atomic E-state index is 0.0720. The Bertz CT molecular complexity index is 1390. The molecule has 0 bridgehead atoms. The maximum absolute atomic E-state index is 14.1. The molecule has 3 aromatic rings. The third-order valence-electron chi connectivity index (χ3n) is 6.87. The predicted molar refractivity (Wildman–Crippen MR) is 158 cm³/mol. The van der Waals surface area contributed by atoms with Crippen LogP contribution in [-0.2, 0) is 26.2 Å². The van der Waals surface area contributed by atoms with E-state index in [1.807, 2.05) is 39.0 Å². The molecule has 0 aliphatic heterocycles. The minimum Gasteiger partial charge on any atom is -0.497 e. The molecule has 0 aromatic heterocycles. The number of nitrogens with zero attached hydrogens (tertiary/aromatic N) is 2. The number of para-hydroxylation sites is 1. The van der Waals surface area contributed by atoms with E-state index in [1.54, 1.807) is 62.6 Å². The van der Waals surface area contributed by atoms with E-state index in [0.717, 1.165) is 16.3 Å². The van der Waals surface area contributed by atoms with Crippen LogP contribution < -0.4 is 14.4 Å². The SMILES string of the molecule is CC[C@@H](C)NC(=O)[C@@H](CC)N(Cc1cccc(OC)c1)C(=O)CN(c1ccccc1C)S(=O)(=O)c1ccccc1. The van der Waals surface area contributed by atoms with Crippen molar-refractivity contribution in [3.63, 3.8) is 0 Å². The van der Waals surface area contributed by atoms with Gasteiger partial charge in [-0.05, 0) is 68.1 Å². The Hall–Kier alpha value is -3.85. The van der Waals surface area contributed by atoms with Crippen LogP contribution in [0, 0.1) is 6.92 Å². The number of amides is 2. The van der Waals surface area contributed by atoms with Crippen LogP contribution in [0.25, 0.3) is 0 Å². The highest BCUT2D eigenvalue weighted by atomic mass is 32.2. The predicted octanol–water partition coefficient (Wildman–Crippen LogP) is 4.92. The second-order valence-electron chi connectivity index (χ2n) is 9.73. The number of aryl methyl sites for hydroxylation is 1. The number of sulfonamides is 1. The van der Waals surface area contributed by atoms with E-state index < -0.39 is 28.5 Å². The smallest absolute Gasteiger partial charge is 0.264 e. The van der Waals surface area contributed by atoms with E-state index in [-0.39, 0.29) is 23.4 Å². The maximum atomic E-state index is 14.1. The zero-order chi connectivity index (χ0) is 29.3. The standard InChI is InChI=1S/C31H39N3O5S/c1-6-24(4)32-31(36)28(7-2)33(21-25-15-13-16-26(20-25)39-5)30(35)22-34(29-19-12-11-14-23(29)3)40(37,38)27-17-9-8-10-18-27/h8-20,24,28H,6-7,21-22H2,1-5H3,(H,32,36)/t24-,28-/m1/s1. The topological polar surface area (TPSA) is 96.0 Å². The number of nitrogens with one attached hydrogen (secondary N) is 1. The van der Waals surface area contributed by atoms with Crippen LogP contribution in [0.3, 0.4) is 0 Å². The number of ether oxygens (including phenoxy) is 1. The Morgan fingerprint density at radius 2 is 1.60 bits per heavy atom. The van der Waals surface area contributed by atoms with Gasteiger partial charge in [0.1, 0.15) is 18.3 Å². The van der Waals surface area contributed by atoms with Crippen LogP contribution in [-0.4, -0.2) is 50.9 Å². The zero-order valence-corrected chi connectivity index (χ0v) is 24.6. The summed E-state index contributed by atoms with van der Waals surface area (Å²) in [6, 6.07) is 21.5. The fourth-order valence-corrected chi connectivity index (χ4v) is 5.90. The van der Waals surface area contributed by atoms with Gasteiger partial charge in [-0.1, -0.05) is 62.4 Å². The molecule has 2 atom stereocenters. The summed E-state index contributed by atoms with van der Waals surface area (Å²) in [5.41, 5.74) is 1.87. The second-order valence-corrected chi connectivity index (χ2v) is 11.6. The van der Waals surface area contributed by atoms with Gasteiger partial charge in [-0.15, -0.1) is 0 Å². The summed E-state index contributed by atoms with van der Waals surface area (Å²) in [7, 11) is -2.54. The molecule has 8 nitrogen and oxygen atoms in total. The molecule has 1 N–H and O–H groups in total. The van der Waals surface area contributed by atoms with Crippen molar-refractivity contribution in [2.45, 2.75) is 64.1 Å². The van der Waals surface area contributed by atoms with Gasteiger partial charge in [0.15, 0.2) is 0 Å². The molecule has 0 aliphatic rings. The van der Waals surface area contributed by atoms with Crippen LogP contribution in [0.2, 0.25) is 0 Å². The Morgan fingerprint density at radius 3 is 2.23 bits per heavy atom. The first kappa shape index (κ1) is 30.7. The van der Waals surface area contributed by atoms with Gasteiger partial charge in [-0.2, -0.15) is 0 Å². The largest absolute Gasteiger partial charge is 0.497 e. The molecule has 9 heteroatoms. The highest BCUT2D eigenvalue weighted by molar-refractivity contribution is 7.92. The van der Waals surface area contributed by atoms with Gasteiger partial charge in [-0.3, -0.25) is 13.9 Å². The molecule has 214 valence electrons. The minimum atomic E-state index is -4.10. The summed E-state index contributed by atoms with van der Waals surface area (Å²) in [6.07, 6.45) is 1.09. The molecule has 2 amide bonds. The summed E-state index contributed by atoms with van der Waals surface area (Å²) in [6.45, 7) is 7.15. The van der Waals surface area contributed by atoms with Gasteiger partial charge >= 0.3 is 0 Å². The molecule has 0 aliphatic carbocycles. The number of anilines is 1. The van der Waals surface area contributed by atoms with Crippen LogP contribution in [0.15, 0.2) is 83.8 Å². The third kappa shape index (κ3) is 7.41. The molecule has 0 fully saturated rings. The van der Waals surface area contributed by atoms with Crippen molar-refractivity contribution in [2.75, 3.05) is 18.0 Å². The van der Waals surface area contributed by atoms with Crippen molar-refractivity contribution in [3.05, 3.63) is 90.0 Å². The quantitative estimate of drug-likeness (QED) is 0.317. The second kappa shape index (κ2) is 14.0. The molecule has 3 rings (SSSR count). The van der Waals surface area contributed by atoms with Crippen molar-refractivity contribution >= 4 is 27.5 Å². The first-order valence-corrected chi connectivity index (χ1v) is 14.9. The molecule has 0 spiro atoms. The van der Waals surface area contributed by atoms with E-state index in [1.165, 1.54) is 17.0 Å². The average Bonchev–Trinajstić information content (AvgIpc) is 2.96. The van der Waals surface area contributed by atoms with Crippen LogP contribution in [0.5, 0.6) is 5.75 Å². The first-order valence-electron chi connectivity index (χ1n) is 13.5. The Labute approximate surface area is 238 Å². The van der Waals surface area contributed by atoms with E-state index in [0.29, 0.717) is 23.4 Å². The molecule has 0 saturated carbocycles. The first-order chi connectivity index (χ1) is 19.1. The zero-order valence-electron chi connectivity index (χ0n) is 23.8. The normalized spacial score (nSPS) is 12.7. The van der Waals surface area contributed by atoms with Gasteiger partial charge in [0, 0.05) is 12.6 Å². The average molecular weight is 566 g/mol. The summed E-state index contributed by atoms with van der Waals surface area (Å²) in [4.78, 5) is 29.1. The highest BCUT2D eigenvalue weighted by Gasteiger charge is 2.34. The molecule has 0 unspecified atom stereocenters. The summed E-state index contributed by atoms with van der Waals surface area (Å²) in [5, 5.41) is 2.99. The van der Waals surface area contributed by atoms with Gasteiger partial charge in [0.05, 0.1) is 17.7 Å². The number of hydrogen-bond acceptors (Lipinski definition) is 5. The van der Waals surface area contributed by atoms with Gasteiger partial charge in [-0.25, -0.2) is 8.42 Å². The van der Waals surface area contributed by atoms with Crippen LogP contribution in [0.1, 0.15) is 44.7 Å². The lowest BCUT2D eigenvalue weighted by molar-refractivity contribution is -0.140. The number of carbonyl (C=O) groups is 2. The van der Waals surface area contributed by atoms with Gasteiger partial charge in [0.2, 0.25) is 11.8 Å². The Kier molecular flexibility index (Phi) is 10.7. The third-order valence-corrected chi connectivity index (χ3v) is 8.64. The van der Waals surface area contributed by atoms with E-state index in [4.69, 9.17) is 4.74 Å². The van der Waals surface area contributed by atoms with Crippen LogP contribution >= 0.6 is 0 Å². The van der Waals surface area contributed by atoms with Gasteiger partial charge < -0.3 is 15.0 Å². The number of benzene rings is 3. The van der Waals surface area contributed by atoms with Crippen molar-refractivity contribution in [3.8, 4) is 5.75 Å². The monoisotopic (exact) mass is 565 g/mol. The lowest BCUT2D eigenvalue weighted by Gasteiger charge is -2.34. The molecule has 0 saturated heterocycles. The number of hydrogen-bond donors (Lipinski definition) is 1. The van der Waals surface area contributed by atoms with Crippen molar-refractivity contribution < 1.29 is 22.7 Å². The summed E-state index contributed by atoms with van der Waals surface area (Å²) >= 11 is 0. The molecular weight excluding hydrogens is 526 g/mol. The Morgan fingerprint density at radius 1 is 0.925 bits per heavy atom. The highest BCUT2D eigenvalue weighted by Crippen LogP contribution is 2.27. The molecular formula is C31H39N3O5S. The van der Waals surface area contributed by atoms with Crippen LogP contribution in [0.4, 0.5) is 5.69 Å². The lowest BCUT2D eigenvalue weighted by atomic mass is 10.1. The lowest BCUT2D eigenvalue weighted by Crippen LogP contribution is -2.53. The molecule has 40 heavy (non-hydrogen) atoms. The molecule has 0 heterocycles. The van der Waals surface area contributed by atoms with Crippen molar-refractivity contribution in [1.82, 2.24) is 10.2 Å². The Balaban J connectivity index is 2.07. The fraction of sp³-hybridized carbons (Fsp3) is 0.355. The van der Waals surface area contributed by atoms with E-state index in [2.05, 4.69) is 5.32 Å². The summed E-state index contributed by atoms with van der Waals surface area (Å²) in [5.74, 6) is -0.145. The maximum Gasteiger partial charge on any atom is 0.264 e. The van der Waals surface area contributed by atoms with E-state index in [9.17, 15) is 18.0 Å². The van der Waals surface area contributed by atoms with Gasteiger partial charge in [0.25, 0.3) is 10.0 Å². The van der Waals surface area contributed by atoms with Crippen molar-refractivity contribution in [1.29, 1.82) is 0 Å². The number of carbonyl (C=O) groups excluding carboxylic acids is 2. The fourth-order valence-electron chi connectivity index (χ4n) is 4.40. The van der Waals surface area contributed by atoms with E-state index >= 15 is 0 Å². The number of rotatable bonds is 13. The summed E-state index contributed by atoms with van der Waals surface area (Å²) < 4.78 is 34.3. The molecule has 3 aromatic carbocycles. The molecule has 0 radical (unpaired) electrons.